The Hall–Kier alpha value is -2.06. The highest BCUT2D eigenvalue weighted by atomic mass is 16.3. The molecule has 0 aliphatic carbocycles. The second kappa shape index (κ2) is 6.59. The third-order valence-electron chi connectivity index (χ3n) is 3.87. The van der Waals surface area contributed by atoms with Gasteiger partial charge in [-0.1, -0.05) is 36.4 Å². The van der Waals surface area contributed by atoms with Gasteiger partial charge in [0.1, 0.15) is 5.76 Å². The first kappa shape index (κ1) is 13.9. The molecule has 0 aliphatic heterocycles. The molecule has 21 heavy (non-hydrogen) atoms. The number of fused-ring (bicyclic) bond motifs is 1. The highest BCUT2D eigenvalue weighted by Gasteiger charge is 2.04. The summed E-state index contributed by atoms with van der Waals surface area (Å²) >= 11 is 0. The van der Waals surface area contributed by atoms with Crippen molar-refractivity contribution in [3.63, 3.8) is 0 Å². The zero-order valence-corrected chi connectivity index (χ0v) is 12.4. The van der Waals surface area contributed by atoms with Gasteiger partial charge < -0.3 is 9.73 Å². The predicted molar refractivity (Wildman–Crippen MR) is 87.3 cm³/mol. The second-order valence-electron chi connectivity index (χ2n) is 5.58. The van der Waals surface area contributed by atoms with Crippen molar-refractivity contribution in [1.29, 1.82) is 0 Å². The fourth-order valence-electron chi connectivity index (χ4n) is 2.56. The number of furan rings is 1. The van der Waals surface area contributed by atoms with E-state index in [2.05, 4.69) is 54.7 Å². The summed E-state index contributed by atoms with van der Waals surface area (Å²) in [5.74, 6) is 1.06. The molecule has 1 atom stereocenters. The lowest BCUT2D eigenvalue weighted by atomic mass is 10.1. The largest absolute Gasteiger partial charge is 0.469 e. The molecule has 0 saturated carbocycles. The van der Waals surface area contributed by atoms with Crippen LogP contribution < -0.4 is 5.32 Å². The summed E-state index contributed by atoms with van der Waals surface area (Å²) < 4.78 is 5.37. The lowest BCUT2D eigenvalue weighted by molar-refractivity contribution is 0.460. The fraction of sp³-hybridized carbons (Fsp3) is 0.263. The molecule has 1 heterocycles. The van der Waals surface area contributed by atoms with Gasteiger partial charge in [0.2, 0.25) is 0 Å². The molecule has 1 unspecified atom stereocenters. The molecule has 108 valence electrons. The minimum Gasteiger partial charge on any atom is -0.469 e. The number of hydrogen-bond donors (Lipinski definition) is 1. The van der Waals surface area contributed by atoms with Gasteiger partial charge >= 0.3 is 0 Å². The first-order valence-electron chi connectivity index (χ1n) is 7.55. The summed E-state index contributed by atoms with van der Waals surface area (Å²) in [6.07, 6.45) is 3.81. The first-order valence-corrected chi connectivity index (χ1v) is 7.55. The van der Waals surface area contributed by atoms with Crippen molar-refractivity contribution in [2.24, 2.45) is 0 Å². The Balaban J connectivity index is 1.53. The zero-order valence-electron chi connectivity index (χ0n) is 12.4. The third-order valence-corrected chi connectivity index (χ3v) is 3.87. The van der Waals surface area contributed by atoms with E-state index < -0.39 is 0 Å². The molecular formula is C19H21NO. The van der Waals surface area contributed by atoms with Gasteiger partial charge in [0.25, 0.3) is 0 Å². The highest BCUT2D eigenvalue weighted by molar-refractivity contribution is 5.82. The topological polar surface area (TPSA) is 25.2 Å². The third kappa shape index (κ3) is 3.73. The van der Waals surface area contributed by atoms with Crippen LogP contribution in [0.1, 0.15) is 24.7 Å². The first-order chi connectivity index (χ1) is 10.3. The van der Waals surface area contributed by atoms with Crippen LogP contribution in [-0.2, 0) is 13.0 Å². The van der Waals surface area contributed by atoms with E-state index >= 15 is 0 Å². The molecule has 2 nitrogen and oxygen atoms in total. The van der Waals surface area contributed by atoms with E-state index in [-0.39, 0.29) is 0 Å². The monoisotopic (exact) mass is 279 g/mol. The molecule has 1 aromatic heterocycles. The van der Waals surface area contributed by atoms with Gasteiger partial charge in [-0.05, 0) is 47.9 Å². The van der Waals surface area contributed by atoms with Crippen LogP contribution >= 0.6 is 0 Å². The Labute approximate surface area is 125 Å². The lowest BCUT2D eigenvalue weighted by Crippen LogP contribution is -2.25. The molecule has 3 aromatic rings. The Bertz CT molecular complexity index is 688. The van der Waals surface area contributed by atoms with Crippen molar-refractivity contribution in [2.45, 2.75) is 32.4 Å². The summed E-state index contributed by atoms with van der Waals surface area (Å²) in [6, 6.07) is 19.6. The van der Waals surface area contributed by atoms with Crippen LogP contribution in [0.15, 0.2) is 65.3 Å². The molecule has 0 radical (unpaired) electrons. The molecule has 0 aliphatic rings. The van der Waals surface area contributed by atoms with Gasteiger partial charge in [-0.15, -0.1) is 0 Å². The summed E-state index contributed by atoms with van der Waals surface area (Å²) in [5, 5.41) is 6.19. The Morgan fingerprint density at radius 1 is 1.00 bits per heavy atom. The summed E-state index contributed by atoms with van der Waals surface area (Å²) in [4.78, 5) is 0. The molecule has 2 heteroatoms. The quantitative estimate of drug-likeness (QED) is 0.716. The minimum absolute atomic E-state index is 0.474. The number of rotatable bonds is 6. The standard InChI is InChI=1S/C19H21NO/c1-15(8-11-19-7-4-12-21-19)20-14-16-9-10-17-5-2-3-6-18(17)13-16/h2-7,9-10,12-13,15,20H,8,11,14H2,1H3. The van der Waals surface area contributed by atoms with Gasteiger partial charge in [0, 0.05) is 19.0 Å². The average Bonchev–Trinajstić information content (AvgIpc) is 3.04. The van der Waals surface area contributed by atoms with Crippen LogP contribution in [0.5, 0.6) is 0 Å². The lowest BCUT2D eigenvalue weighted by Gasteiger charge is -2.13. The van der Waals surface area contributed by atoms with Crippen LogP contribution in [-0.4, -0.2) is 6.04 Å². The molecule has 0 bridgehead atoms. The Morgan fingerprint density at radius 3 is 2.67 bits per heavy atom. The van der Waals surface area contributed by atoms with Crippen LogP contribution in [0, 0.1) is 0 Å². The van der Waals surface area contributed by atoms with Crippen LogP contribution in [0.3, 0.4) is 0 Å². The zero-order chi connectivity index (χ0) is 14.5. The maximum atomic E-state index is 5.37. The van der Waals surface area contributed by atoms with Crippen molar-refractivity contribution in [1.82, 2.24) is 5.32 Å². The van der Waals surface area contributed by atoms with Crippen LogP contribution in [0.4, 0.5) is 0 Å². The molecule has 0 saturated heterocycles. The second-order valence-corrected chi connectivity index (χ2v) is 5.58. The minimum atomic E-state index is 0.474. The fourth-order valence-corrected chi connectivity index (χ4v) is 2.56. The maximum Gasteiger partial charge on any atom is 0.103 e. The summed E-state index contributed by atoms with van der Waals surface area (Å²) in [7, 11) is 0. The number of benzene rings is 2. The molecular weight excluding hydrogens is 258 g/mol. The van der Waals surface area contributed by atoms with E-state index in [9.17, 15) is 0 Å². The Morgan fingerprint density at radius 2 is 1.86 bits per heavy atom. The Kier molecular flexibility index (Phi) is 4.37. The van der Waals surface area contributed by atoms with Gasteiger partial charge in [-0.25, -0.2) is 0 Å². The SMILES string of the molecule is CC(CCc1ccco1)NCc1ccc2ccccc2c1. The van der Waals surface area contributed by atoms with Crippen molar-refractivity contribution >= 4 is 10.8 Å². The molecule has 1 N–H and O–H groups in total. The molecule has 0 fully saturated rings. The van der Waals surface area contributed by atoms with Crippen LogP contribution in [0.2, 0.25) is 0 Å². The van der Waals surface area contributed by atoms with E-state index in [1.807, 2.05) is 12.1 Å². The van der Waals surface area contributed by atoms with Crippen molar-refractivity contribution in [2.75, 3.05) is 0 Å². The number of hydrogen-bond acceptors (Lipinski definition) is 2. The predicted octanol–water partition coefficient (Wildman–Crippen LogP) is 4.54. The maximum absolute atomic E-state index is 5.37. The van der Waals surface area contributed by atoms with E-state index in [0.717, 1.165) is 25.1 Å². The van der Waals surface area contributed by atoms with Gasteiger partial charge in [-0.3, -0.25) is 0 Å². The van der Waals surface area contributed by atoms with Crippen molar-refractivity contribution in [3.8, 4) is 0 Å². The molecule has 2 aromatic carbocycles. The van der Waals surface area contributed by atoms with E-state index in [1.54, 1.807) is 6.26 Å². The van der Waals surface area contributed by atoms with Crippen LogP contribution in [0.25, 0.3) is 10.8 Å². The van der Waals surface area contributed by atoms with Crippen molar-refractivity contribution in [3.05, 3.63) is 72.2 Å². The molecule has 0 spiro atoms. The van der Waals surface area contributed by atoms with Gasteiger partial charge in [0.05, 0.1) is 6.26 Å². The van der Waals surface area contributed by atoms with Crippen molar-refractivity contribution < 1.29 is 4.42 Å². The van der Waals surface area contributed by atoms with E-state index in [0.29, 0.717) is 6.04 Å². The van der Waals surface area contributed by atoms with Gasteiger partial charge in [0.15, 0.2) is 0 Å². The molecule has 0 amide bonds. The average molecular weight is 279 g/mol. The number of nitrogens with one attached hydrogen (secondary N) is 1. The smallest absolute Gasteiger partial charge is 0.103 e. The summed E-state index contributed by atoms with van der Waals surface area (Å²) in [6.45, 7) is 3.13. The normalized spacial score (nSPS) is 12.6. The van der Waals surface area contributed by atoms with E-state index in [1.165, 1.54) is 16.3 Å². The summed E-state index contributed by atoms with van der Waals surface area (Å²) in [5.41, 5.74) is 1.33. The molecule has 3 rings (SSSR count). The van der Waals surface area contributed by atoms with E-state index in [4.69, 9.17) is 4.42 Å². The highest BCUT2D eigenvalue weighted by Crippen LogP contribution is 2.15. The van der Waals surface area contributed by atoms with Gasteiger partial charge in [-0.2, -0.15) is 0 Å². The number of aryl methyl sites for hydroxylation is 1.